The van der Waals surface area contributed by atoms with Crippen LogP contribution >= 0.6 is 16.1 Å². The number of methoxy groups -OCH3 is 1. The minimum Gasteiger partial charge on any atom is -0.438 e. The lowest BCUT2D eigenvalue weighted by Gasteiger charge is -2.38. The van der Waals surface area contributed by atoms with Gasteiger partial charge in [0.15, 0.2) is 6.23 Å². The van der Waals surface area contributed by atoms with Crippen LogP contribution in [-0.4, -0.2) is 90.1 Å². The molecule has 2 unspecified atom stereocenters. The summed E-state index contributed by atoms with van der Waals surface area (Å²) in [5.41, 5.74) is -3.14. The first-order valence-electron chi connectivity index (χ1n) is 16.4. The number of nitrogens with zero attached hydrogens (tertiary/aromatic N) is 2. The summed E-state index contributed by atoms with van der Waals surface area (Å²) in [7, 11) is -4.79. The molecule has 17 nitrogen and oxygen atoms in total. The van der Waals surface area contributed by atoms with E-state index in [2.05, 4.69) is 4.98 Å². The van der Waals surface area contributed by atoms with Crippen LogP contribution in [0.3, 0.4) is 0 Å². The molecule has 2 rings (SSSR count). The van der Waals surface area contributed by atoms with Crippen LogP contribution in [0.15, 0.2) is 33.7 Å². The molecule has 1 aromatic rings. The van der Waals surface area contributed by atoms with Gasteiger partial charge in [-0.1, -0.05) is 0 Å². The van der Waals surface area contributed by atoms with E-state index >= 15 is 0 Å². The Labute approximate surface area is 300 Å². The molecule has 0 radical (unpaired) electrons. The lowest BCUT2D eigenvalue weighted by Crippen LogP contribution is -2.41. The Morgan fingerprint density at radius 3 is 2.02 bits per heavy atom. The lowest BCUT2D eigenvalue weighted by atomic mass is 9.98. The molecule has 0 bridgehead atoms. The molecule has 0 spiro atoms. The number of carbonyl (C=O) groups excluding carboxylic acids is 2. The van der Waals surface area contributed by atoms with E-state index in [4.69, 9.17) is 42.5 Å². The molecule has 1 fully saturated rings. The monoisotopic (exact) mass is 764 g/mol. The maximum absolute atomic E-state index is 14.0. The third kappa shape index (κ3) is 13.4. The van der Waals surface area contributed by atoms with Gasteiger partial charge in [-0.3, -0.25) is 37.5 Å². The maximum atomic E-state index is 14.0. The third-order valence-electron chi connectivity index (χ3n) is 7.07. The van der Waals surface area contributed by atoms with Gasteiger partial charge < -0.3 is 33.4 Å². The van der Waals surface area contributed by atoms with Gasteiger partial charge in [0.05, 0.1) is 17.4 Å². The summed E-state index contributed by atoms with van der Waals surface area (Å²) in [4.78, 5) is 51.7. The molecule has 1 aliphatic rings. The lowest BCUT2D eigenvalue weighted by molar-refractivity contribution is -0.161. The number of aromatic nitrogens is 2. The molecule has 1 saturated heterocycles. The van der Waals surface area contributed by atoms with Crippen LogP contribution in [0.4, 0.5) is 0 Å². The first-order chi connectivity index (χ1) is 23.6. The molecular formula is C32H54N4O13P2. The molecule has 0 aromatic carbocycles. The summed E-state index contributed by atoms with van der Waals surface area (Å²) in [6.45, 7) is 16.4. The van der Waals surface area contributed by atoms with E-state index in [0.717, 1.165) is 16.5 Å². The van der Waals surface area contributed by atoms with E-state index in [1.807, 2.05) is 32.4 Å². The predicted molar refractivity (Wildman–Crippen MR) is 189 cm³/mol. The number of nitrogens with one attached hydrogen (secondary N) is 2. The Hall–Kier alpha value is -2.59. The molecule has 19 heteroatoms. The van der Waals surface area contributed by atoms with Gasteiger partial charge in [-0.15, -0.1) is 0 Å². The summed E-state index contributed by atoms with van der Waals surface area (Å²) in [6.07, 6.45) is -0.129. The number of H-pyrrole nitrogens is 1. The van der Waals surface area contributed by atoms with Crippen molar-refractivity contribution in [3.8, 4) is 0 Å². The number of hydrogen-bond acceptors (Lipinski definition) is 15. The summed E-state index contributed by atoms with van der Waals surface area (Å²) in [6, 6.07) is 1.07. The van der Waals surface area contributed by atoms with Crippen LogP contribution < -0.4 is 11.2 Å². The van der Waals surface area contributed by atoms with Crippen LogP contribution in [0.1, 0.15) is 81.9 Å². The van der Waals surface area contributed by atoms with E-state index in [9.17, 15) is 23.7 Å². The average Bonchev–Trinajstić information content (AvgIpc) is 3.35. The minimum absolute atomic E-state index is 0.0420. The van der Waals surface area contributed by atoms with Gasteiger partial charge in [0, 0.05) is 43.7 Å². The zero-order valence-corrected chi connectivity index (χ0v) is 33.1. The maximum Gasteiger partial charge on any atom is 0.359 e. The molecule has 5 atom stereocenters. The van der Waals surface area contributed by atoms with E-state index in [-0.39, 0.29) is 18.7 Å². The highest BCUT2D eigenvalue weighted by atomic mass is 31.2. The smallest absolute Gasteiger partial charge is 0.359 e. The van der Waals surface area contributed by atoms with Crippen molar-refractivity contribution in [1.29, 1.82) is 5.41 Å². The predicted octanol–water partition coefficient (Wildman–Crippen LogP) is 5.07. The highest BCUT2D eigenvalue weighted by molar-refractivity contribution is 7.57. The summed E-state index contributed by atoms with van der Waals surface area (Å²) >= 11 is 0. The second-order valence-corrected chi connectivity index (χ2v) is 17.5. The molecule has 0 saturated carbocycles. The van der Waals surface area contributed by atoms with Crippen molar-refractivity contribution in [3.05, 3.63) is 45.0 Å². The number of carbonyl (C=O) groups is 2. The SMILES string of the molecule is CO[C@H]1C(OP(OCCC=N)N(C(C)C)C(C)C)[C@@H](/C=C/P(=O)(OCOC(=O)C(C)(C)C)OCOC(=O)C(C)(C)C)O[C@H]1n1ccc(=O)[nH]c1=O. The Morgan fingerprint density at radius 1 is 1.02 bits per heavy atom. The summed E-state index contributed by atoms with van der Waals surface area (Å²) in [5.74, 6) is -0.202. The number of hydrogen-bond donors (Lipinski definition) is 2. The Bertz CT molecular complexity index is 1460. The second-order valence-electron chi connectivity index (χ2n) is 14.1. The summed E-state index contributed by atoms with van der Waals surface area (Å²) < 4.78 is 63.3. The standard InChI is InChI=1S/C32H54N4O13P2/c1-21(2)36(22(3)4)50(45-17-12-15-33)49-25-23(48-27(26(25)42-11)35-16-13-24(37)34-30(35)40)14-18-51(41,46-19-43-28(38)31(5,6)7)47-20-44-29(39)32(8,9)10/h13-16,18,21-23,25-27,33H,12,17,19-20H2,1-11H3,(H,34,37,40)/b18-14+,33-15?/t23-,25?,26+,27-,50?/m1/s1. The normalized spacial score (nSPS) is 20.7. The molecule has 0 aliphatic carbocycles. The molecule has 2 N–H and O–H groups in total. The van der Waals surface area contributed by atoms with Gasteiger partial charge in [-0.2, -0.15) is 0 Å². The fourth-order valence-electron chi connectivity index (χ4n) is 4.51. The quantitative estimate of drug-likeness (QED) is 0.0620. The first kappa shape index (κ1) is 44.6. The molecular weight excluding hydrogens is 710 g/mol. The van der Waals surface area contributed by atoms with Crippen molar-refractivity contribution in [2.45, 2.75) is 112 Å². The molecule has 1 aromatic heterocycles. The van der Waals surface area contributed by atoms with Crippen molar-refractivity contribution in [2.24, 2.45) is 10.8 Å². The van der Waals surface area contributed by atoms with Gasteiger partial charge in [0.2, 0.25) is 13.6 Å². The van der Waals surface area contributed by atoms with E-state index < -0.39 is 88.3 Å². The van der Waals surface area contributed by atoms with Crippen molar-refractivity contribution >= 4 is 34.3 Å². The van der Waals surface area contributed by atoms with Crippen molar-refractivity contribution in [3.63, 3.8) is 0 Å². The topological polar surface area (TPSA) is 207 Å². The number of rotatable bonds is 19. The van der Waals surface area contributed by atoms with Crippen LogP contribution in [0.5, 0.6) is 0 Å². The Morgan fingerprint density at radius 2 is 1.57 bits per heavy atom. The van der Waals surface area contributed by atoms with Gasteiger partial charge in [-0.05, 0) is 81.5 Å². The van der Waals surface area contributed by atoms with E-state index in [1.165, 1.54) is 25.6 Å². The summed E-state index contributed by atoms with van der Waals surface area (Å²) in [5, 5.41) is 7.45. The fraction of sp³-hybridized carbons (Fsp3) is 0.719. The molecule has 0 amide bonds. The van der Waals surface area contributed by atoms with Crippen LogP contribution in [0.25, 0.3) is 0 Å². The van der Waals surface area contributed by atoms with Crippen LogP contribution in [0.2, 0.25) is 0 Å². The number of esters is 2. The zero-order chi connectivity index (χ0) is 38.7. The highest BCUT2D eigenvalue weighted by Crippen LogP contribution is 2.53. The second kappa shape index (κ2) is 19.5. The number of aromatic amines is 1. The van der Waals surface area contributed by atoms with Crippen molar-refractivity contribution in [2.75, 3.05) is 27.3 Å². The minimum atomic E-state index is -4.35. The Kier molecular flexibility index (Phi) is 17.0. The molecule has 2 heterocycles. The zero-order valence-electron chi connectivity index (χ0n) is 31.3. The largest absolute Gasteiger partial charge is 0.438 e. The van der Waals surface area contributed by atoms with E-state index in [0.29, 0.717) is 6.42 Å². The van der Waals surface area contributed by atoms with Gasteiger partial charge in [0.25, 0.3) is 14.1 Å². The van der Waals surface area contributed by atoms with E-state index in [1.54, 1.807) is 41.5 Å². The highest BCUT2D eigenvalue weighted by Gasteiger charge is 2.49. The first-order valence-corrected chi connectivity index (χ1v) is 19.2. The third-order valence-corrected chi connectivity index (χ3v) is 10.7. The average molecular weight is 765 g/mol. The van der Waals surface area contributed by atoms with Gasteiger partial charge >= 0.3 is 25.2 Å². The van der Waals surface area contributed by atoms with Crippen molar-refractivity contribution in [1.82, 2.24) is 14.2 Å². The molecule has 290 valence electrons. The van der Waals surface area contributed by atoms with Crippen molar-refractivity contribution < 1.29 is 51.2 Å². The molecule has 51 heavy (non-hydrogen) atoms. The Balaban J connectivity index is 2.59. The number of ether oxygens (including phenoxy) is 4. The molecule has 1 aliphatic heterocycles. The van der Waals surface area contributed by atoms with Gasteiger partial charge in [0.1, 0.15) is 18.3 Å². The van der Waals surface area contributed by atoms with Crippen LogP contribution in [-0.2, 0) is 51.2 Å². The van der Waals surface area contributed by atoms with Gasteiger partial charge in [-0.25, -0.2) is 9.46 Å². The fourth-order valence-corrected chi connectivity index (χ4v) is 7.31. The van der Waals surface area contributed by atoms with Crippen LogP contribution in [0, 0.1) is 16.2 Å².